The van der Waals surface area contributed by atoms with Crippen molar-refractivity contribution in [1.29, 1.82) is 0 Å². The third kappa shape index (κ3) is 4.10. The molecule has 0 bridgehead atoms. The van der Waals surface area contributed by atoms with Crippen molar-refractivity contribution in [2.45, 2.75) is 27.3 Å². The number of hydrogen-bond acceptors (Lipinski definition) is 4. The van der Waals surface area contributed by atoms with Gasteiger partial charge in [0.05, 0.1) is 23.8 Å². The number of amides is 1. The Morgan fingerprint density at radius 2 is 1.62 bits per heavy atom. The van der Waals surface area contributed by atoms with Gasteiger partial charge in [-0.2, -0.15) is 0 Å². The van der Waals surface area contributed by atoms with Crippen molar-refractivity contribution < 1.29 is 9.53 Å². The highest BCUT2D eigenvalue weighted by Gasteiger charge is 2.23. The lowest BCUT2D eigenvalue weighted by Crippen LogP contribution is -2.41. The van der Waals surface area contributed by atoms with Gasteiger partial charge in [0.1, 0.15) is 17.8 Å². The molecule has 1 amide bonds. The van der Waals surface area contributed by atoms with Crippen LogP contribution in [-0.4, -0.2) is 26.7 Å². The Hall–Kier alpha value is -4.59. The highest BCUT2D eigenvalue weighted by atomic mass is 16.5. The second-order valence-corrected chi connectivity index (χ2v) is 9.33. The third-order valence-corrected chi connectivity index (χ3v) is 6.86. The molecule has 0 radical (unpaired) electrons. The fourth-order valence-corrected chi connectivity index (χ4v) is 4.69. The van der Waals surface area contributed by atoms with Crippen LogP contribution in [0.4, 0.5) is 5.69 Å². The Morgan fingerprint density at radius 1 is 0.892 bits per heavy atom. The maximum atomic E-state index is 13.9. The van der Waals surface area contributed by atoms with E-state index < -0.39 is 11.2 Å². The summed E-state index contributed by atoms with van der Waals surface area (Å²) in [7, 11) is 3.34. The van der Waals surface area contributed by atoms with E-state index in [4.69, 9.17) is 4.74 Å². The number of carbonyl (C=O) groups is 1. The van der Waals surface area contributed by atoms with Crippen LogP contribution in [-0.2, 0) is 18.4 Å². The van der Waals surface area contributed by atoms with Gasteiger partial charge in [0.2, 0.25) is 5.91 Å². The lowest BCUT2D eigenvalue weighted by molar-refractivity contribution is -0.116. The van der Waals surface area contributed by atoms with Gasteiger partial charge in [-0.05, 0) is 74.4 Å². The zero-order valence-corrected chi connectivity index (χ0v) is 21.5. The largest absolute Gasteiger partial charge is 0.497 e. The van der Waals surface area contributed by atoms with Crippen molar-refractivity contribution in [3.63, 3.8) is 0 Å². The monoisotopic (exact) mass is 496 g/mol. The Labute approximate surface area is 213 Å². The molecule has 0 aliphatic carbocycles. The van der Waals surface area contributed by atoms with E-state index >= 15 is 0 Å². The van der Waals surface area contributed by atoms with Gasteiger partial charge in [0, 0.05) is 18.1 Å². The second-order valence-electron chi connectivity index (χ2n) is 9.33. The number of carbonyl (C=O) groups excluding carboxylic acids is 1. The molecule has 0 spiro atoms. The predicted molar refractivity (Wildman–Crippen MR) is 146 cm³/mol. The lowest BCUT2D eigenvalue weighted by atomic mass is 10.1. The number of hydrogen-bond donors (Lipinski definition) is 1. The number of aryl methyl sites for hydroxylation is 4. The molecule has 5 rings (SSSR count). The first-order valence-corrected chi connectivity index (χ1v) is 12.0. The van der Waals surface area contributed by atoms with Crippen molar-refractivity contribution in [2.75, 3.05) is 12.4 Å². The van der Waals surface area contributed by atoms with Gasteiger partial charge < -0.3 is 14.6 Å². The van der Waals surface area contributed by atoms with Crippen LogP contribution in [0, 0.1) is 20.8 Å². The maximum Gasteiger partial charge on any atom is 0.336 e. The first kappa shape index (κ1) is 24.1. The van der Waals surface area contributed by atoms with E-state index in [1.54, 1.807) is 43.0 Å². The molecule has 0 fully saturated rings. The van der Waals surface area contributed by atoms with Gasteiger partial charge in [-0.1, -0.05) is 23.8 Å². The normalized spacial score (nSPS) is 11.3. The molecule has 1 N–H and O–H groups in total. The number of anilines is 1. The Balaban J connectivity index is 1.76. The summed E-state index contributed by atoms with van der Waals surface area (Å²) in [5, 5.41) is 3.55. The Kier molecular flexibility index (Phi) is 5.95. The SMILES string of the molecule is COc1ccc2c(c1)c1c(c(=O)n(-c3ccc(C)cc3)c(=O)n1CC(=O)Nc1ccc(C)c(C)c1)n2C. The molecule has 0 aliphatic rings. The number of methoxy groups -OCH3 is 1. The molecular weight excluding hydrogens is 468 g/mol. The summed E-state index contributed by atoms with van der Waals surface area (Å²) in [5.41, 5.74) is 4.67. The number of benzene rings is 3. The van der Waals surface area contributed by atoms with Crippen molar-refractivity contribution in [3.05, 3.63) is 98.2 Å². The fraction of sp³-hybridized carbons (Fsp3) is 0.207. The average molecular weight is 497 g/mol. The lowest BCUT2D eigenvalue weighted by Gasteiger charge is -2.14. The molecule has 0 unspecified atom stereocenters. The molecule has 37 heavy (non-hydrogen) atoms. The van der Waals surface area contributed by atoms with Crippen LogP contribution < -0.4 is 21.3 Å². The topological polar surface area (TPSA) is 87.3 Å². The number of nitrogens with one attached hydrogen (secondary N) is 1. The Bertz CT molecular complexity index is 1810. The van der Waals surface area contributed by atoms with E-state index in [9.17, 15) is 14.4 Å². The molecule has 0 atom stereocenters. The van der Waals surface area contributed by atoms with E-state index in [1.807, 2.05) is 57.2 Å². The summed E-state index contributed by atoms with van der Waals surface area (Å²) in [6, 6.07) is 18.2. The molecule has 2 aromatic heterocycles. The van der Waals surface area contributed by atoms with Crippen molar-refractivity contribution >= 4 is 33.5 Å². The summed E-state index contributed by atoms with van der Waals surface area (Å²) in [4.78, 5) is 40.9. The van der Waals surface area contributed by atoms with E-state index in [-0.39, 0.29) is 12.5 Å². The molecule has 188 valence electrons. The first-order chi connectivity index (χ1) is 17.7. The minimum atomic E-state index is -0.591. The Morgan fingerprint density at radius 3 is 2.30 bits per heavy atom. The van der Waals surface area contributed by atoms with E-state index in [1.165, 1.54) is 4.57 Å². The maximum absolute atomic E-state index is 13.9. The van der Waals surface area contributed by atoms with Crippen LogP contribution >= 0.6 is 0 Å². The summed E-state index contributed by atoms with van der Waals surface area (Å²) in [5.74, 6) is 0.210. The first-order valence-electron chi connectivity index (χ1n) is 12.0. The minimum Gasteiger partial charge on any atom is -0.497 e. The van der Waals surface area contributed by atoms with E-state index in [0.717, 1.165) is 26.8 Å². The highest BCUT2D eigenvalue weighted by molar-refractivity contribution is 6.07. The number of ether oxygens (including phenoxy) is 1. The minimum absolute atomic E-state index is 0.273. The van der Waals surface area contributed by atoms with Crippen LogP contribution in [0.5, 0.6) is 5.75 Å². The number of nitrogens with zero attached hydrogens (tertiary/aromatic N) is 3. The van der Waals surface area contributed by atoms with Gasteiger partial charge in [-0.25, -0.2) is 9.36 Å². The molecule has 8 heteroatoms. The van der Waals surface area contributed by atoms with E-state index in [0.29, 0.717) is 33.5 Å². The van der Waals surface area contributed by atoms with Crippen LogP contribution in [0.1, 0.15) is 16.7 Å². The fourth-order valence-electron chi connectivity index (χ4n) is 4.69. The molecular formula is C29H28N4O4. The molecule has 2 heterocycles. The smallest absolute Gasteiger partial charge is 0.336 e. The molecule has 0 aliphatic heterocycles. The summed E-state index contributed by atoms with van der Waals surface area (Å²) >= 11 is 0. The average Bonchev–Trinajstić information content (AvgIpc) is 3.17. The second kappa shape index (κ2) is 9.13. The van der Waals surface area contributed by atoms with Gasteiger partial charge >= 0.3 is 5.69 Å². The molecule has 5 aromatic rings. The number of fused-ring (bicyclic) bond motifs is 3. The van der Waals surface area contributed by atoms with Gasteiger partial charge in [-0.3, -0.25) is 14.2 Å². The van der Waals surface area contributed by atoms with Crippen LogP contribution in [0.25, 0.3) is 27.6 Å². The summed E-state index contributed by atoms with van der Waals surface area (Å²) in [6.07, 6.45) is 0. The van der Waals surface area contributed by atoms with Crippen LogP contribution in [0.2, 0.25) is 0 Å². The third-order valence-electron chi connectivity index (χ3n) is 6.86. The molecule has 8 nitrogen and oxygen atoms in total. The summed E-state index contributed by atoms with van der Waals surface area (Å²) in [6.45, 7) is 5.63. The molecule has 0 saturated heterocycles. The van der Waals surface area contributed by atoms with Crippen molar-refractivity contribution in [2.24, 2.45) is 7.05 Å². The van der Waals surface area contributed by atoms with Crippen LogP contribution in [0.3, 0.4) is 0 Å². The zero-order chi connectivity index (χ0) is 26.4. The molecule has 3 aromatic carbocycles. The van der Waals surface area contributed by atoms with Gasteiger partial charge in [-0.15, -0.1) is 0 Å². The zero-order valence-electron chi connectivity index (χ0n) is 21.5. The quantitative estimate of drug-likeness (QED) is 0.395. The van der Waals surface area contributed by atoms with Crippen LogP contribution in [0.15, 0.2) is 70.3 Å². The highest BCUT2D eigenvalue weighted by Crippen LogP contribution is 2.29. The number of rotatable bonds is 5. The van der Waals surface area contributed by atoms with Gasteiger partial charge in [0.15, 0.2) is 0 Å². The number of aromatic nitrogens is 3. The van der Waals surface area contributed by atoms with Gasteiger partial charge in [0.25, 0.3) is 5.56 Å². The van der Waals surface area contributed by atoms with Crippen molar-refractivity contribution in [3.8, 4) is 11.4 Å². The summed E-state index contributed by atoms with van der Waals surface area (Å²) < 4.78 is 9.66. The predicted octanol–water partition coefficient (Wildman–Crippen LogP) is 4.22. The van der Waals surface area contributed by atoms with Crippen molar-refractivity contribution in [1.82, 2.24) is 13.7 Å². The standard InChI is InChI=1S/C29H28N4O4/c1-17-6-10-21(11-7-17)33-28(35)27-26(23-15-22(37-5)12-13-24(23)31(27)4)32(29(33)36)16-25(34)30-20-9-8-18(2)19(3)14-20/h6-15H,16H2,1-5H3,(H,30,34). The molecule has 0 saturated carbocycles. The van der Waals surface area contributed by atoms with E-state index in [2.05, 4.69) is 5.32 Å².